The predicted octanol–water partition coefficient (Wildman–Crippen LogP) is 7.19. The average Bonchev–Trinajstić information content (AvgIpc) is 3.30. The van der Waals surface area contributed by atoms with Gasteiger partial charge in [-0.1, -0.05) is 69.1 Å². The molecule has 0 aliphatic carbocycles. The van der Waals surface area contributed by atoms with E-state index in [2.05, 4.69) is 66.4 Å². The average molecular weight is 630 g/mol. The fraction of sp³-hybridized carbons (Fsp3) is 0.222. The summed E-state index contributed by atoms with van der Waals surface area (Å²) in [5.41, 5.74) is 2.68. The van der Waals surface area contributed by atoms with Gasteiger partial charge in [0.2, 0.25) is 0 Å². The summed E-state index contributed by atoms with van der Waals surface area (Å²) in [6.07, 6.45) is 2.08. The zero-order chi connectivity index (χ0) is 25.3. The second kappa shape index (κ2) is 13.1. The van der Waals surface area contributed by atoms with Crippen molar-refractivity contribution in [2.24, 2.45) is 0 Å². The maximum absolute atomic E-state index is 12.8. The lowest BCUT2D eigenvalue weighted by atomic mass is 10.2. The van der Waals surface area contributed by atoms with E-state index >= 15 is 0 Å². The maximum atomic E-state index is 12.8. The Bertz CT molecular complexity index is 1280. The highest BCUT2D eigenvalue weighted by Crippen LogP contribution is 2.27. The van der Waals surface area contributed by atoms with Crippen LogP contribution in [0.15, 0.2) is 86.9 Å². The molecule has 0 atom stereocenters. The summed E-state index contributed by atoms with van der Waals surface area (Å²) in [6.45, 7) is 3.05. The summed E-state index contributed by atoms with van der Waals surface area (Å²) in [5.74, 6) is 2.00. The lowest BCUT2D eigenvalue weighted by molar-refractivity contribution is 0.0949. The molecule has 3 aromatic carbocycles. The Kier molecular flexibility index (Phi) is 9.60. The van der Waals surface area contributed by atoms with Gasteiger partial charge in [0, 0.05) is 25.9 Å². The van der Waals surface area contributed by atoms with Gasteiger partial charge in [-0.3, -0.25) is 9.36 Å². The minimum absolute atomic E-state index is 0.176. The number of carbonyl (C=O) groups is 1. The highest BCUT2D eigenvalue weighted by molar-refractivity contribution is 9.10. The minimum Gasteiger partial charge on any atom is -0.494 e. The van der Waals surface area contributed by atoms with Gasteiger partial charge in [0.15, 0.2) is 11.0 Å². The van der Waals surface area contributed by atoms with Gasteiger partial charge < -0.3 is 10.1 Å². The van der Waals surface area contributed by atoms with Crippen LogP contribution in [0.25, 0.3) is 5.69 Å². The van der Waals surface area contributed by atoms with Gasteiger partial charge in [-0.05, 0) is 72.6 Å². The summed E-state index contributed by atoms with van der Waals surface area (Å²) in [7, 11) is 0. The normalized spacial score (nSPS) is 10.9. The molecule has 4 rings (SSSR count). The standard InChI is InChI=1S/C27H26Br2N4O2S/c1-2-3-16-35-24-14-6-20(7-15-24)26(34)30-17-25-31-32-27(33(25)23-12-10-22(29)11-13-23)36-18-19-4-8-21(28)9-5-19/h4-15H,2-3,16-18H2,1H3,(H,30,34). The van der Waals surface area contributed by atoms with Crippen molar-refractivity contribution in [1.82, 2.24) is 20.1 Å². The number of hydrogen-bond acceptors (Lipinski definition) is 5. The van der Waals surface area contributed by atoms with Crippen molar-refractivity contribution in [3.63, 3.8) is 0 Å². The molecule has 0 aliphatic rings. The lowest BCUT2D eigenvalue weighted by Crippen LogP contribution is -2.24. The van der Waals surface area contributed by atoms with E-state index in [1.54, 1.807) is 23.9 Å². The molecule has 1 aromatic heterocycles. The zero-order valence-electron chi connectivity index (χ0n) is 19.8. The summed E-state index contributed by atoms with van der Waals surface area (Å²) in [5, 5.41) is 12.6. The van der Waals surface area contributed by atoms with Crippen molar-refractivity contribution in [2.75, 3.05) is 6.61 Å². The van der Waals surface area contributed by atoms with E-state index in [1.165, 1.54) is 5.56 Å². The molecule has 1 amide bonds. The van der Waals surface area contributed by atoms with E-state index in [0.29, 0.717) is 18.0 Å². The van der Waals surface area contributed by atoms with Gasteiger partial charge >= 0.3 is 0 Å². The number of nitrogens with zero attached hydrogens (tertiary/aromatic N) is 3. The Morgan fingerprint density at radius 2 is 1.61 bits per heavy atom. The number of thioether (sulfide) groups is 1. The SMILES string of the molecule is CCCCOc1ccc(C(=O)NCc2nnc(SCc3ccc(Br)cc3)n2-c2ccc(Br)cc2)cc1. The van der Waals surface area contributed by atoms with E-state index in [4.69, 9.17) is 4.74 Å². The molecule has 6 nitrogen and oxygen atoms in total. The number of benzene rings is 3. The molecule has 0 fully saturated rings. The van der Waals surface area contributed by atoms with Gasteiger partial charge in [0.1, 0.15) is 5.75 Å². The first kappa shape index (κ1) is 26.4. The third-order valence-electron chi connectivity index (χ3n) is 5.36. The molecule has 0 unspecified atom stereocenters. The molecule has 1 heterocycles. The summed E-state index contributed by atoms with van der Waals surface area (Å²) < 4.78 is 9.71. The Balaban J connectivity index is 1.47. The number of amides is 1. The molecule has 0 aliphatic heterocycles. The second-order valence-electron chi connectivity index (χ2n) is 8.03. The molecule has 0 saturated carbocycles. The van der Waals surface area contributed by atoms with E-state index < -0.39 is 0 Å². The summed E-state index contributed by atoms with van der Waals surface area (Å²) in [6, 6.07) is 23.4. The van der Waals surface area contributed by atoms with Crippen LogP contribution < -0.4 is 10.1 Å². The van der Waals surface area contributed by atoms with Crippen LogP contribution in [0, 0.1) is 0 Å². The topological polar surface area (TPSA) is 69.0 Å². The Hall–Kier alpha value is -2.62. The first-order valence-corrected chi connectivity index (χ1v) is 14.2. The zero-order valence-corrected chi connectivity index (χ0v) is 23.8. The van der Waals surface area contributed by atoms with Crippen molar-refractivity contribution >= 4 is 49.5 Å². The number of unbranched alkanes of at least 4 members (excludes halogenated alkanes) is 1. The number of halogens is 2. The summed E-state index contributed by atoms with van der Waals surface area (Å²) in [4.78, 5) is 12.8. The fourth-order valence-electron chi connectivity index (χ4n) is 3.38. The van der Waals surface area contributed by atoms with Crippen molar-refractivity contribution in [3.05, 3.63) is 98.7 Å². The number of carbonyl (C=O) groups excluding carboxylic acids is 1. The molecular weight excluding hydrogens is 604 g/mol. The Morgan fingerprint density at radius 3 is 2.28 bits per heavy atom. The van der Waals surface area contributed by atoms with Gasteiger partial charge in [-0.15, -0.1) is 10.2 Å². The molecule has 9 heteroatoms. The van der Waals surface area contributed by atoms with Crippen LogP contribution in [0.1, 0.15) is 41.5 Å². The first-order valence-electron chi connectivity index (χ1n) is 11.6. The van der Waals surface area contributed by atoms with Crippen molar-refractivity contribution < 1.29 is 9.53 Å². The monoisotopic (exact) mass is 628 g/mol. The van der Waals surface area contributed by atoms with E-state index in [1.807, 2.05) is 53.1 Å². The van der Waals surface area contributed by atoms with Gasteiger partial charge in [0.25, 0.3) is 5.91 Å². The van der Waals surface area contributed by atoms with Crippen LogP contribution in [0.2, 0.25) is 0 Å². The molecule has 1 N–H and O–H groups in total. The van der Waals surface area contributed by atoms with Gasteiger partial charge in [-0.25, -0.2) is 0 Å². The molecule has 0 saturated heterocycles. The second-order valence-corrected chi connectivity index (χ2v) is 10.8. The van der Waals surface area contributed by atoms with Gasteiger partial charge in [0.05, 0.1) is 13.2 Å². The molecule has 0 radical (unpaired) electrons. The quantitative estimate of drug-likeness (QED) is 0.140. The van der Waals surface area contributed by atoms with Crippen LogP contribution in [-0.4, -0.2) is 27.3 Å². The molecule has 4 aromatic rings. The third-order valence-corrected chi connectivity index (χ3v) is 7.41. The molecule has 0 bridgehead atoms. The van der Waals surface area contributed by atoms with Crippen molar-refractivity contribution in [3.8, 4) is 11.4 Å². The van der Waals surface area contributed by atoms with Crippen LogP contribution in [0.3, 0.4) is 0 Å². The van der Waals surface area contributed by atoms with E-state index in [0.717, 1.165) is 44.1 Å². The van der Waals surface area contributed by atoms with Crippen LogP contribution in [0.4, 0.5) is 0 Å². The van der Waals surface area contributed by atoms with E-state index in [9.17, 15) is 4.79 Å². The fourth-order valence-corrected chi connectivity index (χ4v) is 4.84. The summed E-state index contributed by atoms with van der Waals surface area (Å²) >= 11 is 8.57. The Labute approximate surface area is 232 Å². The van der Waals surface area contributed by atoms with Crippen molar-refractivity contribution in [1.29, 1.82) is 0 Å². The number of ether oxygens (including phenoxy) is 1. The van der Waals surface area contributed by atoms with Gasteiger partial charge in [-0.2, -0.15) is 0 Å². The smallest absolute Gasteiger partial charge is 0.251 e. The van der Waals surface area contributed by atoms with Crippen LogP contribution >= 0.6 is 43.6 Å². The molecular formula is C27H26Br2N4O2S. The predicted molar refractivity (Wildman–Crippen MR) is 151 cm³/mol. The maximum Gasteiger partial charge on any atom is 0.251 e. The number of nitrogens with one attached hydrogen (secondary N) is 1. The Morgan fingerprint density at radius 1 is 0.944 bits per heavy atom. The first-order chi connectivity index (χ1) is 17.5. The molecule has 186 valence electrons. The number of aromatic nitrogens is 3. The third kappa shape index (κ3) is 7.21. The number of rotatable bonds is 11. The van der Waals surface area contributed by atoms with Crippen LogP contribution in [-0.2, 0) is 12.3 Å². The molecule has 0 spiro atoms. The van der Waals surface area contributed by atoms with E-state index in [-0.39, 0.29) is 12.5 Å². The highest BCUT2D eigenvalue weighted by Gasteiger charge is 2.16. The highest BCUT2D eigenvalue weighted by atomic mass is 79.9. The lowest BCUT2D eigenvalue weighted by Gasteiger charge is -2.12. The number of hydrogen-bond donors (Lipinski definition) is 1. The largest absolute Gasteiger partial charge is 0.494 e. The van der Waals surface area contributed by atoms with Crippen LogP contribution in [0.5, 0.6) is 5.75 Å². The molecule has 36 heavy (non-hydrogen) atoms. The van der Waals surface area contributed by atoms with Crippen molar-refractivity contribution in [2.45, 2.75) is 37.2 Å². The minimum atomic E-state index is -0.176.